The van der Waals surface area contributed by atoms with Crippen LogP contribution in [0.3, 0.4) is 0 Å². The van der Waals surface area contributed by atoms with Crippen molar-refractivity contribution in [2.75, 3.05) is 5.43 Å². The second kappa shape index (κ2) is 8.38. The number of imidazole rings is 1. The fourth-order valence-corrected chi connectivity index (χ4v) is 4.40. The molecule has 0 saturated heterocycles. The van der Waals surface area contributed by atoms with Crippen LogP contribution in [0.4, 0.5) is 5.95 Å². The maximum atomic E-state index is 12.6. The van der Waals surface area contributed by atoms with Crippen LogP contribution in [0.1, 0.15) is 19.8 Å². The number of hydrogen-bond acceptors (Lipinski definition) is 6. The standard InChI is InChI=1S/C21H25N7O2S/c1-5-6-12-28-15(14-10-8-7-9-11-14)13-31-20(28)24-23-19-22-17-16(25(19)2)18(29)27(4)21(30)26(17)3/h7-11,13H,5-6,12H2,1-4H3,(H,22,23). The van der Waals surface area contributed by atoms with Crippen LogP contribution in [0, 0.1) is 0 Å². The second-order valence-electron chi connectivity index (χ2n) is 7.37. The first-order valence-corrected chi connectivity index (χ1v) is 11.0. The van der Waals surface area contributed by atoms with Gasteiger partial charge in [-0.3, -0.25) is 13.9 Å². The average molecular weight is 440 g/mol. The third kappa shape index (κ3) is 3.63. The molecule has 0 unspecified atom stereocenters. The molecule has 9 nitrogen and oxygen atoms in total. The highest BCUT2D eigenvalue weighted by Gasteiger charge is 2.17. The molecule has 0 saturated carbocycles. The molecule has 0 atom stereocenters. The smallest absolute Gasteiger partial charge is 0.315 e. The minimum Gasteiger partial charge on any atom is -0.315 e. The van der Waals surface area contributed by atoms with Crippen molar-refractivity contribution in [2.45, 2.75) is 26.3 Å². The maximum absolute atomic E-state index is 12.6. The molecule has 4 rings (SSSR count). The number of nitrogens with zero attached hydrogens (tertiary/aromatic N) is 6. The first kappa shape index (κ1) is 20.9. The Morgan fingerprint density at radius 1 is 1.06 bits per heavy atom. The molecule has 3 aromatic heterocycles. The highest BCUT2D eigenvalue weighted by Crippen LogP contribution is 2.20. The summed E-state index contributed by atoms with van der Waals surface area (Å²) in [5.74, 6) is 0.394. The lowest BCUT2D eigenvalue weighted by molar-refractivity contribution is 0.622. The molecular weight excluding hydrogens is 414 g/mol. The van der Waals surface area contributed by atoms with Gasteiger partial charge in [0.05, 0.1) is 5.69 Å². The molecule has 1 N–H and O–H groups in total. The van der Waals surface area contributed by atoms with Crippen molar-refractivity contribution in [3.63, 3.8) is 0 Å². The van der Waals surface area contributed by atoms with E-state index in [0.717, 1.165) is 40.0 Å². The number of aryl methyl sites for hydroxylation is 2. The van der Waals surface area contributed by atoms with Gasteiger partial charge in [-0.2, -0.15) is 4.98 Å². The van der Waals surface area contributed by atoms with E-state index < -0.39 is 5.69 Å². The molecule has 0 aliphatic heterocycles. The highest BCUT2D eigenvalue weighted by atomic mass is 32.1. The van der Waals surface area contributed by atoms with Gasteiger partial charge in [0.2, 0.25) is 10.7 Å². The van der Waals surface area contributed by atoms with Gasteiger partial charge in [-0.15, -0.1) is 16.4 Å². The monoisotopic (exact) mass is 439 g/mol. The lowest BCUT2D eigenvalue weighted by Gasteiger charge is -2.08. The van der Waals surface area contributed by atoms with E-state index in [2.05, 4.69) is 44.5 Å². The lowest BCUT2D eigenvalue weighted by atomic mass is 10.2. The number of hydrogen-bond donors (Lipinski definition) is 1. The number of anilines is 1. The van der Waals surface area contributed by atoms with Crippen molar-refractivity contribution < 1.29 is 0 Å². The number of rotatable bonds is 6. The Hall–Kier alpha value is -3.40. The summed E-state index contributed by atoms with van der Waals surface area (Å²) in [7, 11) is 4.79. The summed E-state index contributed by atoms with van der Waals surface area (Å²) in [6, 6.07) is 10.2. The summed E-state index contributed by atoms with van der Waals surface area (Å²) in [6.07, 6.45) is 2.11. The van der Waals surface area contributed by atoms with Crippen molar-refractivity contribution in [2.24, 2.45) is 26.2 Å². The van der Waals surface area contributed by atoms with Crippen molar-refractivity contribution in [3.05, 3.63) is 61.4 Å². The quantitative estimate of drug-likeness (QED) is 0.467. The summed E-state index contributed by atoms with van der Waals surface area (Å²) in [5.41, 5.74) is 5.11. The average Bonchev–Trinajstić information content (AvgIpc) is 3.34. The van der Waals surface area contributed by atoms with Gasteiger partial charge >= 0.3 is 5.69 Å². The van der Waals surface area contributed by atoms with E-state index in [0.29, 0.717) is 17.1 Å². The van der Waals surface area contributed by atoms with E-state index in [-0.39, 0.29) is 5.56 Å². The van der Waals surface area contributed by atoms with Crippen molar-refractivity contribution >= 4 is 28.4 Å². The zero-order valence-electron chi connectivity index (χ0n) is 18.0. The third-order valence-electron chi connectivity index (χ3n) is 5.33. The number of nitrogens with one attached hydrogen (secondary N) is 1. The Morgan fingerprint density at radius 3 is 2.52 bits per heavy atom. The highest BCUT2D eigenvalue weighted by molar-refractivity contribution is 7.07. The fourth-order valence-electron chi connectivity index (χ4n) is 3.51. The van der Waals surface area contributed by atoms with Gasteiger partial charge in [0.15, 0.2) is 11.2 Å². The Bertz CT molecular complexity index is 1420. The zero-order chi connectivity index (χ0) is 22.1. The Balaban J connectivity index is 1.80. The van der Waals surface area contributed by atoms with Gasteiger partial charge in [-0.1, -0.05) is 43.7 Å². The molecule has 0 aliphatic rings. The topological polar surface area (TPSA) is 91.1 Å². The van der Waals surface area contributed by atoms with Crippen LogP contribution < -0.4 is 21.5 Å². The predicted molar refractivity (Wildman–Crippen MR) is 123 cm³/mol. The Labute approximate surface area is 182 Å². The maximum Gasteiger partial charge on any atom is 0.332 e. The molecule has 162 valence electrons. The van der Waals surface area contributed by atoms with Gasteiger partial charge in [0, 0.05) is 33.1 Å². The molecule has 0 spiro atoms. The van der Waals surface area contributed by atoms with E-state index in [4.69, 9.17) is 0 Å². The molecule has 0 bridgehead atoms. The molecule has 10 heteroatoms. The van der Waals surface area contributed by atoms with Crippen molar-refractivity contribution in [1.29, 1.82) is 0 Å². The Morgan fingerprint density at radius 2 is 1.81 bits per heavy atom. The van der Waals surface area contributed by atoms with Gasteiger partial charge in [0.1, 0.15) is 0 Å². The van der Waals surface area contributed by atoms with E-state index in [1.54, 1.807) is 30.0 Å². The van der Waals surface area contributed by atoms with Crippen LogP contribution in [-0.4, -0.2) is 23.3 Å². The minimum absolute atomic E-state index is 0.323. The first-order chi connectivity index (χ1) is 14.9. The zero-order valence-corrected chi connectivity index (χ0v) is 18.8. The van der Waals surface area contributed by atoms with Crippen LogP contribution in [0.15, 0.2) is 50.4 Å². The summed E-state index contributed by atoms with van der Waals surface area (Å²) in [6.45, 7) is 3.01. The van der Waals surface area contributed by atoms with Crippen LogP contribution >= 0.6 is 11.3 Å². The van der Waals surface area contributed by atoms with E-state index in [9.17, 15) is 9.59 Å². The summed E-state index contributed by atoms with van der Waals surface area (Å²) in [4.78, 5) is 30.0. The van der Waals surface area contributed by atoms with Gasteiger partial charge in [-0.05, 0) is 12.0 Å². The SMILES string of the molecule is CCCCn1c(-c2ccccc2)csc1=NNc1nc2c(c(=O)n(C)c(=O)n2C)n1C. The van der Waals surface area contributed by atoms with Crippen LogP contribution in [0.5, 0.6) is 0 Å². The number of unbranched alkanes of at least 4 members (excludes halogenated alkanes) is 1. The van der Waals surface area contributed by atoms with Crippen LogP contribution in [0.25, 0.3) is 22.4 Å². The molecule has 1 aromatic carbocycles. The normalized spacial score (nSPS) is 12.1. The summed E-state index contributed by atoms with van der Waals surface area (Å²) in [5, 5.41) is 6.68. The van der Waals surface area contributed by atoms with Crippen LogP contribution in [-0.2, 0) is 27.7 Å². The largest absolute Gasteiger partial charge is 0.332 e. The molecule has 4 aromatic rings. The first-order valence-electron chi connectivity index (χ1n) is 10.1. The third-order valence-corrected chi connectivity index (χ3v) is 6.19. The van der Waals surface area contributed by atoms with Gasteiger partial charge < -0.3 is 9.13 Å². The molecule has 0 amide bonds. The van der Waals surface area contributed by atoms with E-state index in [1.165, 1.54) is 11.6 Å². The fraction of sp³-hybridized carbons (Fsp3) is 0.333. The van der Waals surface area contributed by atoms with Crippen LogP contribution in [0.2, 0.25) is 0 Å². The van der Waals surface area contributed by atoms with Crippen molar-refractivity contribution in [1.82, 2.24) is 23.3 Å². The molecule has 0 fully saturated rings. The number of thiazole rings is 1. The van der Waals surface area contributed by atoms with Gasteiger partial charge in [0.25, 0.3) is 5.56 Å². The van der Waals surface area contributed by atoms with E-state index >= 15 is 0 Å². The van der Waals surface area contributed by atoms with Crippen molar-refractivity contribution in [3.8, 4) is 11.3 Å². The lowest BCUT2D eigenvalue weighted by Crippen LogP contribution is -2.37. The summed E-state index contributed by atoms with van der Waals surface area (Å²) < 4.78 is 6.26. The predicted octanol–water partition coefficient (Wildman–Crippen LogP) is 2.23. The summed E-state index contributed by atoms with van der Waals surface area (Å²) >= 11 is 1.54. The number of benzene rings is 1. The van der Waals surface area contributed by atoms with Gasteiger partial charge in [-0.25, -0.2) is 10.2 Å². The second-order valence-corrected chi connectivity index (χ2v) is 8.21. The molecule has 3 heterocycles. The number of aromatic nitrogens is 5. The molecule has 31 heavy (non-hydrogen) atoms. The minimum atomic E-state index is -0.415. The Kier molecular flexibility index (Phi) is 5.64. The number of fused-ring (bicyclic) bond motifs is 1. The molecule has 0 aliphatic carbocycles. The van der Waals surface area contributed by atoms with E-state index in [1.807, 2.05) is 18.2 Å². The molecular formula is C21H25N7O2S. The molecule has 0 radical (unpaired) electrons.